The molecule has 0 bridgehead atoms. The second kappa shape index (κ2) is 15.6. The Balaban J connectivity index is 0.000000420. The number of likely N-dealkylation sites (tertiary alicyclic amines) is 2. The molecular weight excluding hydrogens is 556 g/mol. The van der Waals surface area contributed by atoms with Crippen LogP contribution in [0, 0.1) is 23.7 Å². The van der Waals surface area contributed by atoms with Gasteiger partial charge in [-0.3, -0.25) is 19.2 Å². The maximum atomic E-state index is 12.1. The molecule has 2 amide bonds. The summed E-state index contributed by atoms with van der Waals surface area (Å²) >= 11 is 0. The minimum atomic E-state index is -0.733. The number of ether oxygens (including phenoxy) is 6. The molecule has 14 nitrogen and oxygen atoms in total. The topological polar surface area (TPSA) is 164 Å². The van der Waals surface area contributed by atoms with Crippen LogP contribution in [0.4, 0.5) is 9.59 Å². The van der Waals surface area contributed by atoms with E-state index in [1.165, 1.54) is 38.2 Å². The number of amides is 2. The van der Waals surface area contributed by atoms with Crippen molar-refractivity contribution in [2.45, 2.75) is 65.6 Å². The van der Waals surface area contributed by atoms with Crippen LogP contribution in [0.1, 0.15) is 54.4 Å². The number of esters is 4. The third-order valence-corrected chi connectivity index (χ3v) is 6.54. The number of piperidine rings is 2. The van der Waals surface area contributed by atoms with Gasteiger partial charge in [0.2, 0.25) is 0 Å². The molecule has 42 heavy (non-hydrogen) atoms. The van der Waals surface area contributed by atoms with E-state index in [9.17, 15) is 28.8 Å². The van der Waals surface area contributed by atoms with E-state index in [-0.39, 0.29) is 13.1 Å². The molecule has 2 rings (SSSR count). The SMILES string of the molecule is COC(=O)[C@@H]1CCN(C(=O)OC(C)(C)C)C[C@H]1C(=O)OC.COC(=O)[C@H]1CCN(C(=O)OC(C)(C)C)C[C@@H]1C(=O)OC. The van der Waals surface area contributed by atoms with E-state index in [4.69, 9.17) is 28.4 Å². The monoisotopic (exact) mass is 602 g/mol. The lowest BCUT2D eigenvalue weighted by atomic mass is 9.85. The van der Waals surface area contributed by atoms with Crippen LogP contribution in [0.15, 0.2) is 0 Å². The molecule has 2 aliphatic rings. The van der Waals surface area contributed by atoms with Crippen LogP contribution in [0.2, 0.25) is 0 Å². The first-order valence-corrected chi connectivity index (χ1v) is 13.7. The van der Waals surface area contributed by atoms with Crippen molar-refractivity contribution in [2.24, 2.45) is 23.7 Å². The fraction of sp³-hybridized carbons (Fsp3) is 0.786. The summed E-state index contributed by atoms with van der Waals surface area (Å²) in [5, 5.41) is 0. The van der Waals surface area contributed by atoms with E-state index in [2.05, 4.69) is 0 Å². The molecule has 2 fully saturated rings. The molecule has 0 unspecified atom stereocenters. The fourth-order valence-corrected chi connectivity index (χ4v) is 4.54. The van der Waals surface area contributed by atoms with Crippen LogP contribution in [-0.4, -0.2) is 112 Å². The fourth-order valence-electron chi connectivity index (χ4n) is 4.54. The van der Waals surface area contributed by atoms with E-state index >= 15 is 0 Å². The lowest BCUT2D eigenvalue weighted by Gasteiger charge is -2.36. The van der Waals surface area contributed by atoms with E-state index in [1.807, 2.05) is 0 Å². The highest BCUT2D eigenvalue weighted by Gasteiger charge is 2.43. The quantitative estimate of drug-likeness (QED) is 0.341. The standard InChI is InChI=1S/2C14H23NO6/c2*1-14(2,3)21-13(18)15-7-6-9(11(16)19-4)10(8-15)12(17)20-5/h2*9-10H,6-8H2,1-5H3/t2*9-,10-/m10/s1. The Morgan fingerprint density at radius 3 is 1.00 bits per heavy atom. The molecule has 14 heteroatoms. The minimum absolute atomic E-state index is 0.0847. The number of rotatable bonds is 4. The first-order chi connectivity index (χ1) is 19.4. The van der Waals surface area contributed by atoms with Gasteiger partial charge in [0.05, 0.1) is 52.1 Å². The molecule has 2 saturated heterocycles. The molecule has 0 aromatic carbocycles. The third-order valence-electron chi connectivity index (χ3n) is 6.54. The van der Waals surface area contributed by atoms with Crippen molar-refractivity contribution in [3.63, 3.8) is 0 Å². The number of nitrogens with zero attached hydrogens (tertiary/aromatic N) is 2. The number of carbonyl (C=O) groups is 6. The van der Waals surface area contributed by atoms with Crippen LogP contribution in [0.25, 0.3) is 0 Å². The molecule has 0 aromatic rings. The van der Waals surface area contributed by atoms with Crippen LogP contribution in [-0.2, 0) is 47.6 Å². The van der Waals surface area contributed by atoms with Crippen molar-refractivity contribution in [1.29, 1.82) is 0 Å². The molecule has 2 aliphatic heterocycles. The van der Waals surface area contributed by atoms with Gasteiger partial charge < -0.3 is 38.2 Å². The van der Waals surface area contributed by atoms with Gasteiger partial charge in [0.15, 0.2) is 0 Å². The predicted molar refractivity (Wildman–Crippen MR) is 147 cm³/mol. The normalized spacial score (nSPS) is 22.4. The summed E-state index contributed by atoms with van der Waals surface area (Å²) in [6.45, 7) is 11.4. The summed E-state index contributed by atoms with van der Waals surface area (Å²) in [5.41, 5.74) is -1.23. The average molecular weight is 603 g/mol. The molecule has 0 spiro atoms. The van der Waals surface area contributed by atoms with Gasteiger partial charge in [0.25, 0.3) is 0 Å². The summed E-state index contributed by atoms with van der Waals surface area (Å²) in [7, 11) is 5.06. The molecule has 0 aliphatic carbocycles. The number of hydrogen-bond donors (Lipinski definition) is 0. The maximum Gasteiger partial charge on any atom is 0.410 e. The zero-order valence-corrected chi connectivity index (χ0v) is 26.3. The average Bonchev–Trinajstić information content (AvgIpc) is 2.93. The molecule has 2 heterocycles. The van der Waals surface area contributed by atoms with Crippen molar-refractivity contribution in [2.75, 3.05) is 54.6 Å². The molecule has 0 saturated carbocycles. The molecule has 240 valence electrons. The lowest BCUT2D eigenvalue weighted by molar-refractivity contribution is -0.160. The zero-order valence-electron chi connectivity index (χ0n) is 26.3. The summed E-state index contributed by atoms with van der Waals surface area (Å²) in [4.78, 5) is 74.1. The first kappa shape index (κ1) is 36.4. The summed E-state index contributed by atoms with van der Waals surface area (Å²) in [6, 6.07) is 0. The molecule has 4 atom stereocenters. The summed E-state index contributed by atoms with van der Waals surface area (Å²) in [6.07, 6.45) is -0.323. The van der Waals surface area contributed by atoms with Crippen molar-refractivity contribution >= 4 is 36.1 Å². The van der Waals surface area contributed by atoms with Crippen molar-refractivity contribution in [3.05, 3.63) is 0 Å². The second-order valence-electron chi connectivity index (χ2n) is 11.9. The molecular formula is C28H46N2O12. The Hall–Kier alpha value is -3.58. The Labute approximate surface area is 247 Å². The van der Waals surface area contributed by atoms with Crippen LogP contribution in [0.3, 0.4) is 0 Å². The molecule has 0 N–H and O–H groups in total. The Morgan fingerprint density at radius 1 is 0.500 bits per heavy atom. The van der Waals surface area contributed by atoms with Crippen LogP contribution < -0.4 is 0 Å². The number of carbonyl (C=O) groups excluding carboxylic acids is 6. The number of methoxy groups -OCH3 is 4. The smallest absolute Gasteiger partial charge is 0.410 e. The highest BCUT2D eigenvalue weighted by atomic mass is 16.6. The van der Waals surface area contributed by atoms with E-state index in [0.29, 0.717) is 25.9 Å². The highest BCUT2D eigenvalue weighted by molar-refractivity contribution is 5.84. The van der Waals surface area contributed by atoms with Gasteiger partial charge in [-0.1, -0.05) is 0 Å². The van der Waals surface area contributed by atoms with E-state index < -0.39 is 70.9 Å². The maximum absolute atomic E-state index is 12.1. The largest absolute Gasteiger partial charge is 0.469 e. The van der Waals surface area contributed by atoms with Crippen LogP contribution in [0.5, 0.6) is 0 Å². The van der Waals surface area contributed by atoms with Gasteiger partial charge in [-0.05, 0) is 54.4 Å². The van der Waals surface area contributed by atoms with Gasteiger partial charge >= 0.3 is 36.1 Å². The Bertz CT molecular complexity index is 906. The summed E-state index contributed by atoms with van der Waals surface area (Å²) < 4.78 is 29.4. The van der Waals surface area contributed by atoms with Gasteiger partial charge in [0, 0.05) is 26.2 Å². The third kappa shape index (κ3) is 11.0. The van der Waals surface area contributed by atoms with Gasteiger partial charge in [-0.15, -0.1) is 0 Å². The molecule has 0 radical (unpaired) electrons. The highest BCUT2D eigenvalue weighted by Crippen LogP contribution is 2.28. The van der Waals surface area contributed by atoms with Gasteiger partial charge in [-0.25, -0.2) is 9.59 Å². The van der Waals surface area contributed by atoms with Crippen molar-refractivity contribution in [3.8, 4) is 0 Å². The minimum Gasteiger partial charge on any atom is -0.469 e. The van der Waals surface area contributed by atoms with Crippen molar-refractivity contribution in [1.82, 2.24) is 9.80 Å². The number of hydrogen-bond acceptors (Lipinski definition) is 12. The first-order valence-electron chi connectivity index (χ1n) is 13.7. The second-order valence-corrected chi connectivity index (χ2v) is 11.9. The van der Waals surface area contributed by atoms with E-state index in [0.717, 1.165) is 0 Å². The van der Waals surface area contributed by atoms with Crippen LogP contribution >= 0.6 is 0 Å². The predicted octanol–water partition coefficient (Wildman–Crippen LogP) is 2.41. The van der Waals surface area contributed by atoms with Gasteiger partial charge in [0.1, 0.15) is 11.2 Å². The molecule has 0 aromatic heterocycles. The zero-order chi connectivity index (χ0) is 32.4. The van der Waals surface area contributed by atoms with Crippen molar-refractivity contribution < 1.29 is 57.2 Å². The Kier molecular flexibility index (Phi) is 13.5. The van der Waals surface area contributed by atoms with E-state index in [1.54, 1.807) is 41.5 Å². The Morgan fingerprint density at radius 2 is 0.762 bits per heavy atom. The summed E-state index contributed by atoms with van der Waals surface area (Å²) in [5.74, 6) is -4.64. The lowest BCUT2D eigenvalue weighted by Crippen LogP contribution is -2.50. The van der Waals surface area contributed by atoms with Gasteiger partial charge in [-0.2, -0.15) is 0 Å².